The van der Waals surface area contributed by atoms with Crippen LogP contribution in [0, 0.1) is 11.8 Å². The van der Waals surface area contributed by atoms with E-state index in [9.17, 15) is 0 Å². The second-order valence-electron chi connectivity index (χ2n) is 5.94. The molecule has 14 heavy (non-hydrogen) atoms. The number of hydrogen-bond acceptors (Lipinski definition) is 2. The van der Waals surface area contributed by atoms with Crippen LogP contribution in [0.3, 0.4) is 0 Å². The van der Waals surface area contributed by atoms with Crippen LogP contribution in [0.4, 0.5) is 0 Å². The third-order valence-corrected chi connectivity index (χ3v) is 3.86. The first-order valence-corrected chi connectivity index (χ1v) is 6.03. The van der Waals surface area contributed by atoms with Gasteiger partial charge in [0.05, 0.1) is 0 Å². The van der Waals surface area contributed by atoms with Gasteiger partial charge in [-0.2, -0.15) is 0 Å². The molecule has 2 heteroatoms. The lowest BCUT2D eigenvalue weighted by atomic mass is 9.93. The predicted molar refractivity (Wildman–Crippen MR) is 60.4 cm³/mol. The van der Waals surface area contributed by atoms with Crippen LogP contribution in [0.1, 0.15) is 33.6 Å². The molecule has 2 fully saturated rings. The molecule has 82 valence electrons. The van der Waals surface area contributed by atoms with Crippen LogP contribution in [-0.2, 0) is 0 Å². The van der Waals surface area contributed by atoms with E-state index in [0.29, 0.717) is 5.54 Å². The standard InChI is InChI=1S/C12H24N2/c1-12(2,3)14-8-10-5-4-6-13-7-11(10)9-14/h10-11,13H,4-9H2,1-3H3. The van der Waals surface area contributed by atoms with Crippen LogP contribution < -0.4 is 5.32 Å². The summed E-state index contributed by atoms with van der Waals surface area (Å²) in [5.74, 6) is 1.88. The van der Waals surface area contributed by atoms with Crippen LogP contribution in [0.25, 0.3) is 0 Å². The summed E-state index contributed by atoms with van der Waals surface area (Å²) in [5.41, 5.74) is 0.367. The van der Waals surface area contributed by atoms with Crippen molar-refractivity contribution in [1.82, 2.24) is 10.2 Å². The highest BCUT2D eigenvalue weighted by molar-refractivity contribution is 4.92. The van der Waals surface area contributed by atoms with Crippen LogP contribution in [0.5, 0.6) is 0 Å². The minimum Gasteiger partial charge on any atom is -0.316 e. The quantitative estimate of drug-likeness (QED) is 0.634. The molecule has 2 atom stereocenters. The Labute approximate surface area is 88.1 Å². The molecule has 0 amide bonds. The molecule has 2 aliphatic heterocycles. The van der Waals surface area contributed by atoms with Gasteiger partial charge < -0.3 is 5.32 Å². The number of nitrogens with one attached hydrogen (secondary N) is 1. The fraction of sp³-hybridized carbons (Fsp3) is 1.00. The second kappa shape index (κ2) is 3.82. The molecular weight excluding hydrogens is 172 g/mol. The zero-order valence-corrected chi connectivity index (χ0v) is 9.84. The Morgan fingerprint density at radius 3 is 2.57 bits per heavy atom. The molecule has 0 aromatic carbocycles. The first-order chi connectivity index (χ1) is 6.57. The normalized spacial score (nSPS) is 35.4. The average Bonchev–Trinajstić information content (AvgIpc) is 2.38. The van der Waals surface area contributed by atoms with Crippen molar-refractivity contribution in [2.45, 2.75) is 39.2 Å². The van der Waals surface area contributed by atoms with E-state index in [-0.39, 0.29) is 0 Å². The van der Waals surface area contributed by atoms with E-state index in [4.69, 9.17) is 0 Å². The van der Waals surface area contributed by atoms with Crippen molar-refractivity contribution in [3.63, 3.8) is 0 Å². The lowest BCUT2D eigenvalue weighted by molar-refractivity contribution is 0.163. The van der Waals surface area contributed by atoms with E-state index in [1.807, 2.05) is 0 Å². The summed E-state index contributed by atoms with van der Waals surface area (Å²) in [6, 6.07) is 0. The maximum atomic E-state index is 3.56. The van der Waals surface area contributed by atoms with Gasteiger partial charge in [0.15, 0.2) is 0 Å². The van der Waals surface area contributed by atoms with Crippen LogP contribution in [-0.4, -0.2) is 36.6 Å². The Balaban J connectivity index is 1.98. The van der Waals surface area contributed by atoms with Gasteiger partial charge in [-0.3, -0.25) is 4.90 Å². The van der Waals surface area contributed by atoms with Crippen LogP contribution in [0.2, 0.25) is 0 Å². The minimum atomic E-state index is 0.367. The lowest BCUT2D eigenvalue weighted by Crippen LogP contribution is -2.40. The minimum absolute atomic E-state index is 0.367. The van der Waals surface area contributed by atoms with Crippen LogP contribution in [0.15, 0.2) is 0 Å². The Morgan fingerprint density at radius 2 is 1.86 bits per heavy atom. The van der Waals surface area contributed by atoms with Gasteiger partial charge in [0.1, 0.15) is 0 Å². The fourth-order valence-corrected chi connectivity index (χ4v) is 2.82. The average molecular weight is 196 g/mol. The molecule has 0 saturated carbocycles. The topological polar surface area (TPSA) is 15.3 Å². The summed E-state index contributed by atoms with van der Waals surface area (Å²) in [6.45, 7) is 12.1. The molecule has 0 aliphatic carbocycles. The maximum Gasteiger partial charge on any atom is 0.0125 e. The first kappa shape index (κ1) is 10.4. The number of rotatable bonds is 0. The summed E-state index contributed by atoms with van der Waals surface area (Å²) in [7, 11) is 0. The summed E-state index contributed by atoms with van der Waals surface area (Å²) in [6.07, 6.45) is 2.81. The summed E-state index contributed by atoms with van der Waals surface area (Å²) >= 11 is 0. The van der Waals surface area contributed by atoms with Crippen molar-refractivity contribution in [1.29, 1.82) is 0 Å². The SMILES string of the molecule is CC(C)(C)N1CC2CCCNCC2C1. The predicted octanol–water partition coefficient (Wildman–Crippen LogP) is 1.72. The van der Waals surface area contributed by atoms with E-state index in [2.05, 4.69) is 31.0 Å². The molecule has 0 aromatic rings. The van der Waals surface area contributed by atoms with Gasteiger partial charge in [-0.25, -0.2) is 0 Å². The third-order valence-electron chi connectivity index (χ3n) is 3.86. The molecule has 1 N–H and O–H groups in total. The molecule has 2 rings (SSSR count). The smallest absolute Gasteiger partial charge is 0.0125 e. The van der Waals surface area contributed by atoms with Gasteiger partial charge in [-0.1, -0.05) is 0 Å². The van der Waals surface area contributed by atoms with Gasteiger partial charge in [-0.15, -0.1) is 0 Å². The molecule has 2 nitrogen and oxygen atoms in total. The Kier molecular flexibility index (Phi) is 2.85. The molecule has 0 radical (unpaired) electrons. The number of fused-ring (bicyclic) bond motifs is 1. The lowest BCUT2D eigenvalue weighted by Gasteiger charge is -2.32. The fourth-order valence-electron chi connectivity index (χ4n) is 2.82. The van der Waals surface area contributed by atoms with E-state index in [1.54, 1.807) is 0 Å². The first-order valence-electron chi connectivity index (χ1n) is 6.03. The molecule has 2 saturated heterocycles. The van der Waals surface area contributed by atoms with E-state index < -0.39 is 0 Å². The zero-order valence-electron chi connectivity index (χ0n) is 9.84. The van der Waals surface area contributed by atoms with Crippen molar-refractivity contribution in [3.05, 3.63) is 0 Å². The van der Waals surface area contributed by atoms with Crippen molar-refractivity contribution < 1.29 is 0 Å². The molecule has 2 unspecified atom stereocenters. The number of nitrogens with zero attached hydrogens (tertiary/aromatic N) is 1. The molecule has 0 spiro atoms. The second-order valence-corrected chi connectivity index (χ2v) is 5.94. The summed E-state index contributed by atoms with van der Waals surface area (Å²) < 4.78 is 0. The largest absolute Gasteiger partial charge is 0.316 e. The van der Waals surface area contributed by atoms with Crippen LogP contribution >= 0.6 is 0 Å². The highest BCUT2D eigenvalue weighted by Gasteiger charge is 2.37. The molecule has 2 heterocycles. The van der Waals surface area contributed by atoms with Gasteiger partial charge in [0, 0.05) is 18.6 Å². The van der Waals surface area contributed by atoms with E-state index >= 15 is 0 Å². The highest BCUT2D eigenvalue weighted by Crippen LogP contribution is 2.32. The van der Waals surface area contributed by atoms with Gasteiger partial charge in [0.2, 0.25) is 0 Å². The summed E-state index contributed by atoms with van der Waals surface area (Å²) in [4.78, 5) is 2.66. The third kappa shape index (κ3) is 2.12. The zero-order chi connectivity index (χ0) is 10.2. The molecular formula is C12H24N2. The molecule has 2 aliphatic rings. The number of hydrogen-bond donors (Lipinski definition) is 1. The Hall–Kier alpha value is -0.0800. The van der Waals surface area contributed by atoms with Gasteiger partial charge in [-0.05, 0) is 58.5 Å². The molecule has 0 aromatic heterocycles. The van der Waals surface area contributed by atoms with Crippen molar-refractivity contribution in [2.75, 3.05) is 26.2 Å². The highest BCUT2D eigenvalue weighted by atomic mass is 15.2. The monoisotopic (exact) mass is 196 g/mol. The summed E-state index contributed by atoms with van der Waals surface area (Å²) in [5, 5.41) is 3.56. The Morgan fingerprint density at radius 1 is 1.14 bits per heavy atom. The molecule has 0 bridgehead atoms. The van der Waals surface area contributed by atoms with E-state index in [0.717, 1.165) is 11.8 Å². The van der Waals surface area contributed by atoms with Crippen molar-refractivity contribution in [2.24, 2.45) is 11.8 Å². The Bertz CT molecular complexity index is 181. The van der Waals surface area contributed by atoms with Gasteiger partial charge >= 0.3 is 0 Å². The van der Waals surface area contributed by atoms with Crippen molar-refractivity contribution >= 4 is 0 Å². The van der Waals surface area contributed by atoms with E-state index in [1.165, 1.54) is 39.0 Å². The van der Waals surface area contributed by atoms with Crippen molar-refractivity contribution in [3.8, 4) is 0 Å². The number of likely N-dealkylation sites (tertiary alicyclic amines) is 1. The van der Waals surface area contributed by atoms with Gasteiger partial charge in [0.25, 0.3) is 0 Å². The maximum absolute atomic E-state index is 3.56.